The molecule has 1 aliphatic heterocycles. The lowest BCUT2D eigenvalue weighted by atomic mass is 9.98. The smallest absolute Gasteiger partial charge is 0.328 e. The quantitative estimate of drug-likeness (QED) is 0.0586. The molecule has 1 aromatic rings. The van der Waals surface area contributed by atoms with E-state index in [9.17, 15) is 43.2 Å². The van der Waals surface area contributed by atoms with Crippen molar-refractivity contribution in [3.05, 3.63) is 44.6 Å². The fourth-order valence-electron chi connectivity index (χ4n) is 6.23. The maximum absolute atomic E-state index is 14.2. The number of benzene rings is 2. The molecule has 0 saturated heterocycles. The monoisotopic (exact) mass is 840 g/mol. The Balaban J connectivity index is 2.24. The SMILES string of the molecule is COC(=O)[C@H](NC(=O)[C@@H](NC(=O)c1c2nc3c(C(=O)N[C@H](C(=O)N[C@@H](C(=O)OC)C(C)C)[C@@H](C)OC(C)=O)ccc(C)c3oc-2c(C)c(=O)c1N)[C@@H](C)OC(C)=O)C(C)C. The highest BCUT2D eigenvalue weighted by molar-refractivity contribution is 6.10. The average molecular weight is 841 g/mol. The molecular weight excluding hydrogens is 788 g/mol. The normalized spacial score (nSPS) is 14.2. The summed E-state index contributed by atoms with van der Waals surface area (Å²) < 4.78 is 26.3. The number of nitrogens with zero attached hydrogens (tertiary/aromatic N) is 1. The average Bonchev–Trinajstić information content (AvgIpc) is 3.17. The van der Waals surface area contributed by atoms with Crippen LogP contribution in [0.2, 0.25) is 0 Å². The molecule has 0 fully saturated rings. The number of hydrogen-bond acceptors (Lipinski definition) is 16. The topological polar surface area (TPSA) is 291 Å². The number of fused-ring (bicyclic) bond motifs is 2. The molecule has 326 valence electrons. The lowest BCUT2D eigenvalue weighted by Gasteiger charge is -2.28. The van der Waals surface area contributed by atoms with E-state index in [2.05, 4.69) is 26.3 Å². The Bertz CT molecular complexity index is 2220. The van der Waals surface area contributed by atoms with Crippen LogP contribution in [0.5, 0.6) is 0 Å². The molecule has 0 aromatic heterocycles. The molecule has 0 saturated carbocycles. The maximum Gasteiger partial charge on any atom is 0.328 e. The summed E-state index contributed by atoms with van der Waals surface area (Å²) in [6, 6.07) is -2.69. The van der Waals surface area contributed by atoms with Crippen LogP contribution < -0.4 is 32.4 Å². The number of carbonyl (C=O) groups is 8. The largest absolute Gasteiger partial charge is 0.467 e. The van der Waals surface area contributed by atoms with Gasteiger partial charge in [-0.3, -0.25) is 33.6 Å². The summed E-state index contributed by atoms with van der Waals surface area (Å²) in [5, 5.41) is 10.0. The number of nitrogens with two attached hydrogens (primary N) is 1. The standard InChI is InChI=1S/C40H52N6O14/c1-15(2)26(39(54)56-11)43-37(52)28(19(7)58-21(9)47)45-35(50)23-14-13-17(5)33-30(23)42-31-24(25(41)32(49)18(6)34(31)60-33)36(51)46-29(20(8)59-22(10)48)38(53)44-27(16(3)4)40(55)57-12/h13-16,19-20,26-29H,41H2,1-12H3,(H,43,52)(H,44,53)(H,45,50)(H,46,51)/t19-,20-,26-,27-,28+,29+/m1/s1. The van der Waals surface area contributed by atoms with E-state index in [1.165, 1.54) is 32.9 Å². The first-order valence-electron chi connectivity index (χ1n) is 18.9. The zero-order chi connectivity index (χ0) is 45.5. The van der Waals surface area contributed by atoms with Crippen molar-refractivity contribution in [1.82, 2.24) is 26.3 Å². The summed E-state index contributed by atoms with van der Waals surface area (Å²) in [5.74, 6) is -8.14. The van der Waals surface area contributed by atoms with Crippen molar-refractivity contribution in [2.75, 3.05) is 20.0 Å². The van der Waals surface area contributed by atoms with E-state index in [1.807, 2.05) is 0 Å². The van der Waals surface area contributed by atoms with Gasteiger partial charge in [-0.05, 0) is 51.2 Å². The number of methoxy groups -OCH3 is 2. The summed E-state index contributed by atoms with van der Waals surface area (Å²) in [4.78, 5) is 123. The second-order valence-corrected chi connectivity index (χ2v) is 14.8. The van der Waals surface area contributed by atoms with Gasteiger partial charge >= 0.3 is 23.9 Å². The van der Waals surface area contributed by atoms with Gasteiger partial charge in [-0.15, -0.1) is 0 Å². The Kier molecular flexibility index (Phi) is 15.8. The lowest BCUT2D eigenvalue weighted by molar-refractivity contribution is -0.151. The third-order valence-corrected chi connectivity index (χ3v) is 9.49. The van der Waals surface area contributed by atoms with Crippen molar-refractivity contribution in [3.8, 4) is 11.5 Å². The van der Waals surface area contributed by atoms with E-state index < -0.39 is 112 Å². The number of carbonyl (C=O) groups excluding carboxylic acids is 8. The predicted molar refractivity (Wildman–Crippen MR) is 213 cm³/mol. The highest BCUT2D eigenvalue weighted by Gasteiger charge is 2.38. The number of aryl methyl sites for hydroxylation is 1. The molecule has 6 atom stereocenters. The molecule has 1 heterocycles. The molecule has 1 aliphatic carbocycles. The summed E-state index contributed by atoms with van der Waals surface area (Å²) in [6.45, 7) is 14.4. The van der Waals surface area contributed by atoms with Crippen LogP contribution in [0.25, 0.3) is 22.6 Å². The molecular formula is C40H52N6O14. The fraction of sp³-hybridized carbons (Fsp3) is 0.500. The first-order valence-corrected chi connectivity index (χ1v) is 18.9. The Morgan fingerprint density at radius 2 is 1.13 bits per heavy atom. The highest BCUT2D eigenvalue weighted by Crippen LogP contribution is 2.34. The van der Waals surface area contributed by atoms with Crippen molar-refractivity contribution < 1.29 is 61.7 Å². The molecule has 20 nitrogen and oxygen atoms in total. The van der Waals surface area contributed by atoms with Gasteiger partial charge in [0.05, 0.1) is 31.0 Å². The zero-order valence-corrected chi connectivity index (χ0v) is 35.5. The Morgan fingerprint density at radius 3 is 1.55 bits per heavy atom. The van der Waals surface area contributed by atoms with Crippen LogP contribution in [0.1, 0.15) is 87.2 Å². The van der Waals surface area contributed by atoms with Crippen LogP contribution in [0.15, 0.2) is 21.3 Å². The molecule has 4 amide bonds. The number of esters is 4. The number of rotatable bonds is 16. The minimum atomic E-state index is -1.67. The molecule has 3 rings (SSSR count). The molecule has 0 unspecified atom stereocenters. The van der Waals surface area contributed by atoms with E-state index >= 15 is 0 Å². The Hall–Kier alpha value is -6.60. The first-order chi connectivity index (χ1) is 28.0. The van der Waals surface area contributed by atoms with Crippen molar-refractivity contribution in [2.24, 2.45) is 11.8 Å². The molecule has 20 heteroatoms. The van der Waals surface area contributed by atoms with E-state index in [0.29, 0.717) is 5.56 Å². The molecule has 6 N–H and O–H groups in total. The summed E-state index contributed by atoms with van der Waals surface area (Å²) in [7, 11) is 2.27. The van der Waals surface area contributed by atoms with Gasteiger partial charge in [0.1, 0.15) is 47.6 Å². The molecule has 0 radical (unpaired) electrons. The van der Waals surface area contributed by atoms with Gasteiger partial charge in [0.15, 0.2) is 11.3 Å². The summed E-state index contributed by atoms with van der Waals surface area (Å²) in [5.41, 5.74) is 3.97. The third kappa shape index (κ3) is 10.7. The third-order valence-electron chi connectivity index (χ3n) is 9.49. The summed E-state index contributed by atoms with van der Waals surface area (Å²) >= 11 is 0. The van der Waals surface area contributed by atoms with E-state index in [1.54, 1.807) is 34.6 Å². The van der Waals surface area contributed by atoms with Crippen molar-refractivity contribution in [2.45, 2.75) is 106 Å². The van der Waals surface area contributed by atoms with Crippen LogP contribution in [0.4, 0.5) is 5.69 Å². The van der Waals surface area contributed by atoms with E-state index in [-0.39, 0.29) is 33.7 Å². The van der Waals surface area contributed by atoms with Crippen molar-refractivity contribution in [1.29, 1.82) is 0 Å². The lowest BCUT2D eigenvalue weighted by Crippen LogP contribution is -2.57. The fourth-order valence-corrected chi connectivity index (χ4v) is 6.23. The van der Waals surface area contributed by atoms with Crippen LogP contribution >= 0.6 is 0 Å². The maximum atomic E-state index is 14.2. The van der Waals surface area contributed by atoms with Gasteiger partial charge in [-0.2, -0.15) is 0 Å². The number of aromatic nitrogens is 1. The van der Waals surface area contributed by atoms with Crippen LogP contribution in [0.3, 0.4) is 0 Å². The second kappa shape index (κ2) is 19.9. The van der Waals surface area contributed by atoms with E-state index in [0.717, 1.165) is 28.1 Å². The van der Waals surface area contributed by atoms with Crippen molar-refractivity contribution >= 4 is 64.3 Å². The van der Waals surface area contributed by atoms with Gasteiger partial charge in [0.25, 0.3) is 11.8 Å². The molecule has 2 aliphatic rings. The molecule has 0 bridgehead atoms. The van der Waals surface area contributed by atoms with Crippen LogP contribution in [-0.4, -0.2) is 103 Å². The van der Waals surface area contributed by atoms with Gasteiger partial charge in [-0.1, -0.05) is 33.8 Å². The van der Waals surface area contributed by atoms with Crippen LogP contribution in [0, 0.1) is 25.7 Å². The second-order valence-electron chi connectivity index (χ2n) is 14.8. The minimum absolute atomic E-state index is 0.00310. The van der Waals surface area contributed by atoms with Gasteiger partial charge in [0.2, 0.25) is 17.2 Å². The number of anilines is 1. The van der Waals surface area contributed by atoms with Gasteiger partial charge in [0, 0.05) is 19.4 Å². The molecule has 60 heavy (non-hydrogen) atoms. The number of nitrogens with one attached hydrogen (secondary N) is 4. The van der Waals surface area contributed by atoms with E-state index in [4.69, 9.17) is 29.1 Å². The minimum Gasteiger partial charge on any atom is -0.467 e. The Labute approximate surface area is 345 Å². The summed E-state index contributed by atoms with van der Waals surface area (Å²) in [6.07, 6.45) is -2.59. The number of amides is 4. The molecule has 0 spiro atoms. The number of ether oxygens (including phenoxy) is 4. The van der Waals surface area contributed by atoms with Gasteiger partial charge in [-0.25, -0.2) is 14.6 Å². The highest BCUT2D eigenvalue weighted by atomic mass is 16.6. The predicted octanol–water partition coefficient (Wildman–Crippen LogP) is 1.22. The van der Waals surface area contributed by atoms with Crippen molar-refractivity contribution in [3.63, 3.8) is 0 Å². The number of nitrogen functional groups attached to an aromatic ring is 1. The van der Waals surface area contributed by atoms with Gasteiger partial charge < -0.3 is 50.4 Å². The Morgan fingerprint density at radius 1 is 0.683 bits per heavy atom. The molecule has 1 aromatic carbocycles. The first kappa shape index (κ1) is 47.8. The zero-order valence-electron chi connectivity index (χ0n) is 35.5. The van der Waals surface area contributed by atoms with Crippen LogP contribution in [-0.2, 0) is 47.7 Å². The number of hydrogen-bond donors (Lipinski definition) is 5.